The van der Waals surface area contributed by atoms with Crippen LogP contribution >= 0.6 is 23.4 Å². The molecule has 1 unspecified atom stereocenters. The van der Waals surface area contributed by atoms with Gasteiger partial charge in [0.2, 0.25) is 0 Å². The lowest BCUT2D eigenvalue weighted by Gasteiger charge is -2.33. The highest BCUT2D eigenvalue weighted by atomic mass is 35.5. The third-order valence-corrected chi connectivity index (χ3v) is 7.88. The Kier molecular flexibility index (Phi) is 5.57. The predicted octanol–water partition coefficient (Wildman–Crippen LogP) is 6.24. The number of urea groups is 1. The standard InChI is InChI=1S/C26H23ClFN3O2S/c1-25(2)16-31(24(33)29-20-13-9-18(27)10-14-20)26(34-25)21-5-3-4-6-22(21)30(23(26)32)15-17-7-11-19(28)12-8-17/h3-14H,15-16H2,1-2H3,(H,29,33). The number of halogens is 2. The number of carbonyl (C=O) groups is 2. The molecule has 0 saturated carbocycles. The first kappa shape index (κ1) is 22.7. The third-order valence-electron chi connectivity index (χ3n) is 6.03. The zero-order valence-electron chi connectivity index (χ0n) is 18.7. The fourth-order valence-corrected chi connectivity index (χ4v) is 6.47. The summed E-state index contributed by atoms with van der Waals surface area (Å²) in [6, 6.07) is 20.2. The Labute approximate surface area is 206 Å². The molecule has 3 amide bonds. The van der Waals surface area contributed by atoms with Crippen LogP contribution in [0.25, 0.3) is 0 Å². The van der Waals surface area contributed by atoms with E-state index in [1.807, 2.05) is 38.1 Å². The van der Waals surface area contributed by atoms with Crippen molar-refractivity contribution in [2.24, 2.45) is 0 Å². The van der Waals surface area contributed by atoms with E-state index in [1.165, 1.54) is 23.9 Å². The van der Waals surface area contributed by atoms with Crippen LogP contribution in [-0.4, -0.2) is 28.1 Å². The van der Waals surface area contributed by atoms with Crippen LogP contribution in [0.2, 0.25) is 5.02 Å². The molecule has 5 nitrogen and oxygen atoms in total. The molecule has 0 bridgehead atoms. The summed E-state index contributed by atoms with van der Waals surface area (Å²) in [7, 11) is 0. The largest absolute Gasteiger partial charge is 0.323 e. The lowest BCUT2D eigenvalue weighted by atomic mass is 10.1. The zero-order chi connectivity index (χ0) is 24.1. The number of hydrogen-bond acceptors (Lipinski definition) is 3. The predicted molar refractivity (Wildman–Crippen MR) is 135 cm³/mol. The van der Waals surface area contributed by atoms with Crippen molar-refractivity contribution in [2.45, 2.75) is 30.0 Å². The number of nitrogens with one attached hydrogen (secondary N) is 1. The Balaban J connectivity index is 1.55. The number of para-hydroxylation sites is 1. The summed E-state index contributed by atoms with van der Waals surface area (Å²) in [6.45, 7) is 4.74. The van der Waals surface area contributed by atoms with Crippen LogP contribution in [0.4, 0.5) is 20.6 Å². The number of anilines is 2. The van der Waals surface area contributed by atoms with E-state index in [2.05, 4.69) is 5.32 Å². The van der Waals surface area contributed by atoms with Crippen LogP contribution in [0, 0.1) is 5.82 Å². The van der Waals surface area contributed by atoms with Gasteiger partial charge in [-0.15, -0.1) is 11.8 Å². The summed E-state index contributed by atoms with van der Waals surface area (Å²) >= 11 is 7.47. The summed E-state index contributed by atoms with van der Waals surface area (Å²) in [6.07, 6.45) is 0. The monoisotopic (exact) mass is 495 g/mol. The molecule has 1 atom stereocenters. The number of nitrogens with zero attached hydrogens (tertiary/aromatic N) is 2. The summed E-state index contributed by atoms with van der Waals surface area (Å²) in [4.78, 5) is 29.8. The van der Waals surface area contributed by atoms with E-state index in [1.54, 1.807) is 46.2 Å². The van der Waals surface area contributed by atoms with Crippen molar-refractivity contribution in [1.29, 1.82) is 0 Å². The van der Waals surface area contributed by atoms with Gasteiger partial charge < -0.3 is 10.2 Å². The Morgan fingerprint density at radius 3 is 2.44 bits per heavy atom. The Morgan fingerprint density at radius 1 is 1.06 bits per heavy atom. The number of rotatable bonds is 3. The first-order valence-corrected chi connectivity index (χ1v) is 12.1. The summed E-state index contributed by atoms with van der Waals surface area (Å²) in [5.74, 6) is -0.508. The number of fused-ring (bicyclic) bond motifs is 2. The van der Waals surface area contributed by atoms with Crippen molar-refractivity contribution < 1.29 is 14.0 Å². The van der Waals surface area contributed by atoms with Crippen LogP contribution in [0.15, 0.2) is 72.8 Å². The van der Waals surface area contributed by atoms with Crippen LogP contribution in [0.1, 0.15) is 25.0 Å². The fraction of sp³-hybridized carbons (Fsp3) is 0.231. The maximum atomic E-state index is 14.1. The highest BCUT2D eigenvalue weighted by molar-refractivity contribution is 8.02. The zero-order valence-corrected chi connectivity index (χ0v) is 20.3. The van der Waals surface area contributed by atoms with Gasteiger partial charge in [0.25, 0.3) is 5.91 Å². The van der Waals surface area contributed by atoms with Crippen LogP contribution in [-0.2, 0) is 16.2 Å². The lowest BCUT2D eigenvalue weighted by Crippen LogP contribution is -2.51. The van der Waals surface area contributed by atoms with Gasteiger partial charge in [-0.1, -0.05) is 41.9 Å². The molecule has 1 saturated heterocycles. The molecule has 174 valence electrons. The van der Waals surface area contributed by atoms with Crippen molar-refractivity contribution in [3.8, 4) is 0 Å². The molecule has 34 heavy (non-hydrogen) atoms. The first-order chi connectivity index (χ1) is 16.2. The minimum Gasteiger partial charge on any atom is -0.308 e. The van der Waals surface area contributed by atoms with E-state index in [-0.39, 0.29) is 29.0 Å². The van der Waals surface area contributed by atoms with E-state index in [4.69, 9.17) is 11.6 Å². The molecule has 0 aliphatic carbocycles. The van der Waals surface area contributed by atoms with Gasteiger partial charge in [0.1, 0.15) is 5.82 Å². The Hall–Kier alpha value is -3.03. The molecule has 0 aromatic heterocycles. The second-order valence-corrected chi connectivity index (χ2v) is 11.4. The van der Waals surface area contributed by atoms with Crippen molar-refractivity contribution >= 4 is 46.7 Å². The van der Waals surface area contributed by atoms with Gasteiger partial charge in [0.05, 0.1) is 12.2 Å². The molecule has 5 rings (SSSR count). The number of thioether (sulfide) groups is 1. The van der Waals surface area contributed by atoms with Crippen molar-refractivity contribution in [3.63, 3.8) is 0 Å². The number of amides is 3. The second kappa shape index (κ2) is 8.32. The van der Waals surface area contributed by atoms with Gasteiger partial charge >= 0.3 is 6.03 Å². The summed E-state index contributed by atoms with van der Waals surface area (Å²) in [5.41, 5.74) is 2.94. The molecule has 2 heterocycles. The van der Waals surface area contributed by atoms with Gasteiger partial charge in [-0.2, -0.15) is 0 Å². The Bertz CT molecular complexity index is 1270. The van der Waals surface area contributed by atoms with Gasteiger partial charge in [0, 0.05) is 27.6 Å². The molecule has 2 aliphatic rings. The van der Waals surface area contributed by atoms with E-state index < -0.39 is 4.87 Å². The summed E-state index contributed by atoms with van der Waals surface area (Å²) < 4.78 is 13.1. The van der Waals surface area contributed by atoms with Crippen LogP contribution < -0.4 is 10.2 Å². The molecule has 1 spiro atoms. The van der Waals surface area contributed by atoms with E-state index in [9.17, 15) is 14.0 Å². The molecule has 2 aliphatic heterocycles. The molecule has 3 aromatic rings. The van der Waals surface area contributed by atoms with Gasteiger partial charge in [-0.05, 0) is 61.9 Å². The van der Waals surface area contributed by atoms with Crippen molar-refractivity contribution in [1.82, 2.24) is 4.90 Å². The van der Waals surface area contributed by atoms with Crippen LogP contribution in [0.3, 0.4) is 0 Å². The molecule has 1 N–H and O–H groups in total. The van der Waals surface area contributed by atoms with Crippen molar-refractivity contribution in [3.05, 3.63) is 94.8 Å². The normalized spacial score (nSPS) is 20.6. The number of benzene rings is 3. The maximum Gasteiger partial charge on any atom is 0.323 e. The molecule has 3 aromatic carbocycles. The highest BCUT2D eigenvalue weighted by Crippen LogP contribution is 2.59. The van der Waals surface area contributed by atoms with Crippen LogP contribution in [0.5, 0.6) is 0 Å². The third kappa shape index (κ3) is 3.83. The minimum absolute atomic E-state index is 0.181. The van der Waals surface area contributed by atoms with E-state index in [0.717, 1.165) is 16.8 Å². The molecule has 8 heteroatoms. The SMILES string of the molecule is CC1(C)CN(C(=O)Nc2ccc(Cl)cc2)C2(S1)C(=O)N(Cc1ccc(F)cc1)c1ccccc12. The fourth-order valence-electron chi connectivity index (χ4n) is 4.61. The van der Waals surface area contributed by atoms with Crippen molar-refractivity contribution in [2.75, 3.05) is 16.8 Å². The maximum absolute atomic E-state index is 14.1. The molecule has 0 radical (unpaired) electrons. The molecular weight excluding hydrogens is 473 g/mol. The molecular formula is C26H23ClFN3O2S. The Morgan fingerprint density at radius 2 is 1.74 bits per heavy atom. The van der Waals surface area contributed by atoms with Gasteiger partial charge in [0.15, 0.2) is 4.87 Å². The van der Waals surface area contributed by atoms with Gasteiger partial charge in [-0.3, -0.25) is 9.69 Å². The lowest BCUT2D eigenvalue weighted by molar-refractivity contribution is -0.123. The highest BCUT2D eigenvalue weighted by Gasteiger charge is 2.63. The topological polar surface area (TPSA) is 52.7 Å². The van der Waals surface area contributed by atoms with E-state index >= 15 is 0 Å². The van der Waals surface area contributed by atoms with E-state index in [0.29, 0.717) is 17.3 Å². The smallest absolute Gasteiger partial charge is 0.308 e. The molecule has 1 fully saturated rings. The first-order valence-electron chi connectivity index (χ1n) is 10.9. The number of carbonyl (C=O) groups excluding carboxylic acids is 2. The quantitative estimate of drug-likeness (QED) is 0.468. The minimum atomic E-state index is -1.20. The average molecular weight is 496 g/mol. The van der Waals surface area contributed by atoms with Gasteiger partial charge in [-0.25, -0.2) is 9.18 Å². The number of hydrogen-bond donors (Lipinski definition) is 1. The second-order valence-electron chi connectivity index (χ2n) is 9.06. The average Bonchev–Trinajstić information content (AvgIpc) is 3.23. The summed E-state index contributed by atoms with van der Waals surface area (Å²) in [5, 5.41) is 3.50.